The van der Waals surface area contributed by atoms with Crippen LogP contribution in [0.2, 0.25) is 0 Å². The van der Waals surface area contributed by atoms with Crippen molar-refractivity contribution in [3.63, 3.8) is 0 Å². The van der Waals surface area contributed by atoms with Crippen molar-refractivity contribution >= 4 is 15.8 Å². The van der Waals surface area contributed by atoms with Gasteiger partial charge in [-0.25, -0.2) is 13.2 Å². The maximum absolute atomic E-state index is 11.8. The largest absolute Gasteiger partial charge is 0.480 e. The monoisotopic (exact) mass is 314 g/mol. The van der Waals surface area contributed by atoms with Crippen LogP contribution in [0, 0.1) is 0 Å². The van der Waals surface area contributed by atoms with Crippen molar-refractivity contribution in [2.24, 2.45) is 0 Å². The maximum Gasteiger partial charge on any atom is 0.329 e. The van der Waals surface area contributed by atoms with Gasteiger partial charge in [-0.05, 0) is 19.7 Å². The fraction of sp³-hybridized carbons (Fsp3) is 0.500. The van der Waals surface area contributed by atoms with E-state index < -0.39 is 21.3 Å². The van der Waals surface area contributed by atoms with Crippen molar-refractivity contribution in [2.45, 2.75) is 5.54 Å². The van der Waals surface area contributed by atoms with E-state index in [-0.39, 0.29) is 18.8 Å². The molecule has 0 saturated carbocycles. The first-order chi connectivity index (χ1) is 9.71. The summed E-state index contributed by atoms with van der Waals surface area (Å²) in [6.07, 6.45) is 1.17. The van der Waals surface area contributed by atoms with E-state index in [2.05, 4.69) is 5.32 Å². The lowest BCUT2D eigenvalue weighted by Gasteiger charge is -2.33. The number of benzene rings is 1. The van der Waals surface area contributed by atoms with Gasteiger partial charge in [-0.1, -0.05) is 30.3 Å². The van der Waals surface area contributed by atoms with Gasteiger partial charge in [-0.15, -0.1) is 0 Å². The summed E-state index contributed by atoms with van der Waals surface area (Å²) in [6.45, 7) is 0.445. The van der Waals surface area contributed by atoms with E-state index in [1.165, 1.54) is 6.26 Å². The highest BCUT2D eigenvalue weighted by Gasteiger charge is 2.39. The van der Waals surface area contributed by atoms with Gasteiger partial charge in [0.15, 0.2) is 5.54 Å². The minimum atomic E-state index is -3.08. The Kier molecular flexibility index (Phi) is 5.88. The molecule has 0 aromatic heterocycles. The Balaban J connectivity index is 2.97. The van der Waals surface area contributed by atoms with Gasteiger partial charge in [0.2, 0.25) is 0 Å². The third-order valence-corrected chi connectivity index (χ3v) is 4.33. The van der Waals surface area contributed by atoms with Crippen molar-refractivity contribution in [1.82, 2.24) is 10.2 Å². The van der Waals surface area contributed by atoms with E-state index in [0.717, 1.165) is 0 Å². The lowest BCUT2D eigenvalue weighted by atomic mass is 9.89. The van der Waals surface area contributed by atoms with Gasteiger partial charge in [-0.3, -0.25) is 0 Å². The second-order valence-corrected chi connectivity index (χ2v) is 7.45. The van der Waals surface area contributed by atoms with E-state index in [1.807, 2.05) is 6.07 Å². The van der Waals surface area contributed by atoms with Crippen LogP contribution in [0.3, 0.4) is 0 Å². The Bertz CT molecular complexity index is 574. The molecule has 21 heavy (non-hydrogen) atoms. The summed E-state index contributed by atoms with van der Waals surface area (Å²) in [7, 11) is 0.224. The number of likely N-dealkylation sites (N-methyl/N-ethyl adjacent to an activating group) is 2. The number of nitrogens with zero attached hydrogens (tertiary/aromatic N) is 1. The SMILES string of the molecule is CNC(CN(C)CCS(C)(=O)=O)(C(=O)O)c1ccccc1. The smallest absolute Gasteiger partial charge is 0.329 e. The molecule has 0 fully saturated rings. The van der Waals surface area contributed by atoms with Gasteiger partial charge in [-0.2, -0.15) is 0 Å². The Hall–Kier alpha value is -1.44. The summed E-state index contributed by atoms with van der Waals surface area (Å²) in [5, 5.41) is 12.5. The summed E-state index contributed by atoms with van der Waals surface area (Å²) in [6, 6.07) is 8.87. The van der Waals surface area contributed by atoms with Crippen LogP contribution >= 0.6 is 0 Å². The van der Waals surface area contributed by atoms with Crippen LogP contribution in [0.15, 0.2) is 30.3 Å². The topological polar surface area (TPSA) is 86.7 Å². The van der Waals surface area contributed by atoms with Crippen molar-refractivity contribution in [2.75, 3.05) is 39.2 Å². The zero-order chi connectivity index (χ0) is 16.1. The second kappa shape index (κ2) is 7.02. The molecule has 7 heteroatoms. The molecule has 0 bridgehead atoms. The number of nitrogens with one attached hydrogen (secondary N) is 1. The number of carbonyl (C=O) groups is 1. The van der Waals surface area contributed by atoms with Gasteiger partial charge in [0.25, 0.3) is 0 Å². The summed E-state index contributed by atoms with van der Waals surface area (Å²) in [5.41, 5.74) is -0.640. The lowest BCUT2D eigenvalue weighted by molar-refractivity contribution is -0.146. The molecule has 0 heterocycles. The highest BCUT2D eigenvalue weighted by molar-refractivity contribution is 7.90. The minimum absolute atomic E-state index is 0.00228. The van der Waals surface area contributed by atoms with E-state index in [4.69, 9.17) is 0 Å². The molecule has 0 aliphatic rings. The average molecular weight is 314 g/mol. The maximum atomic E-state index is 11.8. The Morgan fingerprint density at radius 3 is 2.33 bits per heavy atom. The molecule has 1 unspecified atom stereocenters. The summed E-state index contributed by atoms with van der Waals surface area (Å²) in [4.78, 5) is 13.5. The predicted molar refractivity (Wildman–Crippen MR) is 82.0 cm³/mol. The number of carboxylic acid groups (broad SMARTS) is 1. The molecule has 0 amide bonds. The zero-order valence-electron chi connectivity index (χ0n) is 12.5. The lowest BCUT2D eigenvalue weighted by Crippen LogP contribution is -2.55. The molecular weight excluding hydrogens is 292 g/mol. The molecule has 1 aromatic rings. The fourth-order valence-electron chi connectivity index (χ4n) is 2.14. The normalized spacial score (nSPS) is 14.9. The van der Waals surface area contributed by atoms with Crippen LogP contribution in [0.1, 0.15) is 5.56 Å². The molecule has 1 rings (SSSR count). The van der Waals surface area contributed by atoms with Crippen LogP contribution in [-0.2, 0) is 20.2 Å². The molecule has 0 spiro atoms. The van der Waals surface area contributed by atoms with Gasteiger partial charge in [0.05, 0.1) is 5.75 Å². The van der Waals surface area contributed by atoms with Crippen LogP contribution in [0.25, 0.3) is 0 Å². The average Bonchev–Trinajstić information content (AvgIpc) is 2.42. The van der Waals surface area contributed by atoms with E-state index in [9.17, 15) is 18.3 Å². The summed E-state index contributed by atoms with van der Waals surface area (Å²) >= 11 is 0. The number of carboxylic acids is 1. The van der Waals surface area contributed by atoms with Crippen LogP contribution in [0.5, 0.6) is 0 Å². The van der Waals surface area contributed by atoms with Crippen molar-refractivity contribution in [3.05, 3.63) is 35.9 Å². The Labute approximate surface area is 125 Å². The minimum Gasteiger partial charge on any atom is -0.480 e. The third-order valence-electron chi connectivity index (χ3n) is 3.41. The van der Waals surface area contributed by atoms with Crippen molar-refractivity contribution in [3.8, 4) is 0 Å². The molecule has 1 aromatic carbocycles. The van der Waals surface area contributed by atoms with Crippen LogP contribution < -0.4 is 5.32 Å². The van der Waals surface area contributed by atoms with Crippen molar-refractivity contribution in [1.29, 1.82) is 0 Å². The molecule has 0 aliphatic carbocycles. The van der Waals surface area contributed by atoms with Gasteiger partial charge < -0.3 is 15.3 Å². The number of sulfone groups is 1. The number of aliphatic carboxylic acids is 1. The summed E-state index contributed by atoms with van der Waals surface area (Å²) in [5.74, 6) is -1.00. The van der Waals surface area contributed by atoms with Gasteiger partial charge in [0, 0.05) is 19.3 Å². The van der Waals surface area contributed by atoms with Crippen LogP contribution in [0.4, 0.5) is 0 Å². The first-order valence-corrected chi connectivity index (χ1v) is 8.61. The van der Waals surface area contributed by atoms with E-state index in [0.29, 0.717) is 5.56 Å². The predicted octanol–water partition coefficient (Wildman–Crippen LogP) is 0.162. The Morgan fingerprint density at radius 1 is 1.33 bits per heavy atom. The van der Waals surface area contributed by atoms with E-state index >= 15 is 0 Å². The van der Waals surface area contributed by atoms with Crippen LogP contribution in [-0.4, -0.2) is 63.6 Å². The highest BCUT2D eigenvalue weighted by atomic mass is 32.2. The second-order valence-electron chi connectivity index (χ2n) is 5.19. The summed E-state index contributed by atoms with van der Waals surface area (Å²) < 4.78 is 22.4. The number of hydrogen-bond donors (Lipinski definition) is 2. The first kappa shape index (κ1) is 17.6. The molecule has 0 radical (unpaired) electrons. The first-order valence-electron chi connectivity index (χ1n) is 6.55. The van der Waals surface area contributed by atoms with E-state index in [1.54, 1.807) is 43.3 Å². The molecule has 1 atom stereocenters. The molecule has 6 nitrogen and oxygen atoms in total. The quantitative estimate of drug-likeness (QED) is 0.711. The zero-order valence-corrected chi connectivity index (χ0v) is 13.4. The molecule has 0 aliphatic heterocycles. The van der Waals surface area contributed by atoms with Gasteiger partial charge >= 0.3 is 5.97 Å². The molecule has 118 valence electrons. The molecule has 2 N–H and O–H groups in total. The highest BCUT2D eigenvalue weighted by Crippen LogP contribution is 2.22. The molecular formula is C14H22N2O4S. The Morgan fingerprint density at radius 2 is 1.90 bits per heavy atom. The third kappa shape index (κ3) is 4.80. The molecule has 0 saturated heterocycles. The van der Waals surface area contributed by atoms with Gasteiger partial charge in [0.1, 0.15) is 9.84 Å². The number of hydrogen-bond acceptors (Lipinski definition) is 5. The fourth-order valence-corrected chi connectivity index (χ4v) is 2.78. The van der Waals surface area contributed by atoms with Crippen molar-refractivity contribution < 1.29 is 18.3 Å². The standard InChI is InChI=1S/C14H22N2O4S/c1-15-14(13(17)18,12-7-5-4-6-8-12)11-16(2)9-10-21(3,19)20/h4-8,15H,9-11H2,1-3H3,(H,17,18). The number of rotatable bonds is 8.